The van der Waals surface area contributed by atoms with E-state index in [1.165, 1.54) is 13.2 Å². The Morgan fingerprint density at radius 1 is 0.862 bits per heavy atom. The van der Waals surface area contributed by atoms with Gasteiger partial charge in [0, 0.05) is 30.9 Å². The van der Waals surface area contributed by atoms with Crippen LogP contribution in [-0.2, 0) is 9.47 Å². The Balaban J connectivity index is 1.91. The van der Waals surface area contributed by atoms with E-state index in [-0.39, 0.29) is 24.8 Å². The van der Waals surface area contributed by atoms with Gasteiger partial charge in [-0.25, -0.2) is 4.39 Å². The van der Waals surface area contributed by atoms with Crippen LogP contribution in [-0.4, -0.2) is 33.2 Å². The van der Waals surface area contributed by atoms with Crippen LogP contribution in [0.4, 0.5) is 4.39 Å². The molecule has 4 heteroatoms. The van der Waals surface area contributed by atoms with Crippen molar-refractivity contribution in [3.8, 4) is 11.1 Å². The number of rotatable bonds is 8. The van der Waals surface area contributed by atoms with Crippen molar-refractivity contribution in [1.82, 2.24) is 0 Å². The molecule has 29 heavy (non-hydrogen) atoms. The lowest BCUT2D eigenvalue weighted by Gasteiger charge is -2.10. The number of ether oxygens (including phenoxy) is 2. The molecule has 0 amide bonds. The molecule has 3 aromatic carbocycles. The van der Waals surface area contributed by atoms with Crippen LogP contribution in [0.5, 0.6) is 0 Å². The number of Topliss-reactive ketones (excluding diaryl/α,β-unsaturated/α-hetero) is 1. The van der Waals surface area contributed by atoms with Crippen LogP contribution in [0, 0.1) is 5.82 Å². The third-order valence-corrected chi connectivity index (χ3v) is 4.74. The highest BCUT2D eigenvalue weighted by Gasteiger charge is 2.12. The second-order valence-electron chi connectivity index (χ2n) is 6.87. The topological polar surface area (TPSA) is 35.5 Å². The van der Waals surface area contributed by atoms with Crippen molar-refractivity contribution in [2.24, 2.45) is 0 Å². The molecule has 0 spiro atoms. The minimum atomic E-state index is -0.331. The van der Waals surface area contributed by atoms with Crippen LogP contribution in [0.1, 0.15) is 15.9 Å². The highest BCUT2D eigenvalue weighted by atomic mass is 19.1. The van der Waals surface area contributed by atoms with Gasteiger partial charge in [-0.3, -0.25) is 4.79 Å². The van der Waals surface area contributed by atoms with E-state index in [1.807, 2.05) is 36.4 Å². The van der Waals surface area contributed by atoms with Gasteiger partial charge in [0.15, 0.2) is 5.78 Å². The standard InChI is InChI=1S/C25H23FO3/c1-16(14-28-3)23-10-9-21(13-24(23)26)19-5-6-20-12-22(8-7-18(20)11-19)25(27)17(2)15-29-4/h5-13H,1-2,14-15H2,3-4H3. The van der Waals surface area contributed by atoms with Crippen molar-refractivity contribution in [2.75, 3.05) is 27.4 Å². The lowest BCUT2D eigenvalue weighted by atomic mass is 9.96. The smallest absolute Gasteiger partial charge is 0.190 e. The molecule has 0 N–H and O–H groups in total. The van der Waals surface area contributed by atoms with Gasteiger partial charge in [0.1, 0.15) is 5.82 Å². The predicted molar refractivity (Wildman–Crippen MR) is 116 cm³/mol. The average Bonchev–Trinajstić information content (AvgIpc) is 2.72. The summed E-state index contributed by atoms with van der Waals surface area (Å²) in [6.07, 6.45) is 0. The predicted octanol–water partition coefficient (Wildman–Crippen LogP) is 5.69. The van der Waals surface area contributed by atoms with E-state index < -0.39 is 0 Å². The first kappa shape index (κ1) is 20.6. The zero-order valence-electron chi connectivity index (χ0n) is 16.6. The van der Waals surface area contributed by atoms with Crippen LogP contribution in [0.2, 0.25) is 0 Å². The molecular formula is C25H23FO3. The molecule has 0 saturated heterocycles. The largest absolute Gasteiger partial charge is 0.380 e. The summed E-state index contributed by atoms with van der Waals surface area (Å²) in [5.41, 5.74) is 3.70. The Morgan fingerprint density at radius 2 is 1.48 bits per heavy atom. The molecule has 0 unspecified atom stereocenters. The Labute approximate surface area is 170 Å². The number of benzene rings is 3. The van der Waals surface area contributed by atoms with Crippen molar-refractivity contribution in [3.05, 3.63) is 90.3 Å². The van der Waals surface area contributed by atoms with Gasteiger partial charge in [0.25, 0.3) is 0 Å². The second-order valence-corrected chi connectivity index (χ2v) is 6.87. The second kappa shape index (κ2) is 8.95. The fourth-order valence-corrected chi connectivity index (χ4v) is 3.24. The molecule has 0 saturated carbocycles. The molecular weight excluding hydrogens is 367 g/mol. The summed E-state index contributed by atoms with van der Waals surface area (Å²) in [6.45, 7) is 8.11. The Morgan fingerprint density at radius 3 is 2.17 bits per heavy atom. The first-order chi connectivity index (χ1) is 13.9. The number of methoxy groups -OCH3 is 2. The minimum Gasteiger partial charge on any atom is -0.380 e. The Kier molecular flexibility index (Phi) is 6.37. The molecule has 0 atom stereocenters. The SMILES string of the molecule is C=C(COC)C(=O)c1ccc2cc(-c3ccc(C(=C)COC)c(F)c3)ccc2c1. The summed E-state index contributed by atoms with van der Waals surface area (Å²) >= 11 is 0. The molecule has 0 fully saturated rings. The van der Waals surface area contributed by atoms with Gasteiger partial charge in [-0.1, -0.05) is 49.6 Å². The normalized spacial score (nSPS) is 10.9. The summed E-state index contributed by atoms with van der Waals surface area (Å²) in [4.78, 5) is 12.4. The van der Waals surface area contributed by atoms with Crippen LogP contribution in [0.25, 0.3) is 27.5 Å². The highest BCUT2D eigenvalue weighted by Crippen LogP contribution is 2.28. The Bertz CT molecular complexity index is 1100. The highest BCUT2D eigenvalue weighted by molar-refractivity contribution is 6.10. The first-order valence-corrected chi connectivity index (χ1v) is 9.17. The molecule has 0 aliphatic rings. The maximum Gasteiger partial charge on any atom is 0.190 e. The summed E-state index contributed by atoms with van der Waals surface area (Å²) in [5.74, 6) is -0.464. The van der Waals surface area contributed by atoms with E-state index >= 15 is 0 Å². The summed E-state index contributed by atoms with van der Waals surface area (Å²) in [5, 5.41) is 1.89. The molecule has 3 rings (SSSR count). The zero-order chi connectivity index (χ0) is 21.0. The molecule has 3 aromatic rings. The number of ketones is 1. The van der Waals surface area contributed by atoms with Gasteiger partial charge >= 0.3 is 0 Å². The van der Waals surface area contributed by atoms with Gasteiger partial charge in [-0.2, -0.15) is 0 Å². The van der Waals surface area contributed by atoms with Crippen LogP contribution in [0.15, 0.2) is 73.3 Å². The van der Waals surface area contributed by atoms with Gasteiger partial charge < -0.3 is 9.47 Å². The van der Waals surface area contributed by atoms with E-state index in [4.69, 9.17) is 9.47 Å². The van der Waals surface area contributed by atoms with Crippen molar-refractivity contribution in [2.45, 2.75) is 0 Å². The average molecular weight is 390 g/mol. The number of carbonyl (C=O) groups is 1. The number of fused-ring (bicyclic) bond motifs is 1. The van der Waals surface area contributed by atoms with E-state index in [9.17, 15) is 9.18 Å². The minimum absolute atomic E-state index is 0.133. The fraction of sp³-hybridized carbons (Fsp3) is 0.160. The summed E-state index contributed by atoms with van der Waals surface area (Å²) in [6, 6.07) is 16.4. The van der Waals surface area contributed by atoms with Gasteiger partial charge in [0.05, 0.1) is 13.2 Å². The number of hydrogen-bond acceptors (Lipinski definition) is 3. The quantitative estimate of drug-likeness (QED) is 0.366. The molecule has 0 aliphatic carbocycles. The fourth-order valence-electron chi connectivity index (χ4n) is 3.24. The van der Waals surface area contributed by atoms with Gasteiger partial charge in [-0.05, 0) is 45.7 Å². The van der Waals surface area contributed by atoms with Gasteiger partial charge in [-0.15, -0.1) is 0 Å². The van der Waals surface area contributed by atoms with Crippen molar-refractivity contribution >= 4 is 22.1 Å². The number of hydrogen-bond donors (Lipinski definition) is 0. The maximum absolute atomic E-state index is 14.5. The van der Waals surface area contributed by atoms with E-state index in [1.54, 1.807) is 19.2 Å². The molecule has 3 nitrogen and oxygen atoms in total. The molecule has 0 radical (unpaired) electrons. The summed E-state index contributed by atoms with van der Waals surface area (Å²) in [7, 11) is 3.09. The zero-order valence-corrected chi connectivity index (χ0v) is 16.6. The molecule has 0 aliphatic heterocycles. The molecule has 0 aromatic heterocycles. The molecule has 0 heterocycles. The maximum atomic E-state index is 14.5. The third kappa shape index (κ3) is 4.50. The van der Waals surface area contributed by atoms with E-state index in [0.717, 1.165) is 21.9 Å². The van der Waals surface area contributed by atoms with Crippen LogP contribution >= 0.6 is 0 Å². The number of halogens is 1. The monoisotopic (exact) mass is 390 g/mol. The Hall–Kier alpha value is -3.08. The van der Waals surface area contributed by atoms with Gasteiger partial charge in [0.2, 0.25) is 0 Å². The molecule has 148 valence electrons. The van der Waals surface area contributed by atoms with Crippen molar-refractivity contribution in [1.29, 1.82) is 0 Å². The lowest BCUT2D eigenvalue weighted by molar-refractivity contribution is 0.101. The van der Waals surface area contributed by atoms with Crippen LogP contribution in [0.3, 0.4) is 0 Å². The molecule has 0 bridgehead atoms. The van der Waals surface area contributed by atoms with Crippen molar-refractivity contribution < 1.29 is 18.7 Å². The third-order valence-electron chi connectivity index (χ3n) is 4.74. The van der Waals surface area contributed by atoms with Crippen LogP contribution < -0.4 is 0 Å². The van der Waals surface area contributed by atoms with E-state index in [0.29, 0.717) is 22.3 Å². The first-order valence-electron chi connectivity index (χ1n) is 9.17. The lowest BCUT2D eigenvalue weighted by Crippen LogP contribution is -2.07. The summed E-state index contributed by atoms with van der Waals surface area (Å²) < 4.78 is 24.5. The van der Waals surface area contributed by atoms with E-state index in [2.05, 4.69) is 13.2 Å². The van der Waals surface area contributed by atoms with Crippen molar-refractivity contribution in [3.63, 3.8) is 0 Å². The number of carbonyl (C=O) groups excluding carboxylic acids is 1.